The van der Waals surface area contributed by atoms with Gasteiger partial charge in [-0.05, 0) is 38.7 Å². The van der Waals surface area contributed by atoms with E-state index in [4.69, 9.17) is 0 Å². The predicted octanol–water partition coefficient (Wildman–Crippen LogP) is 2.12. The van der Waals surface area contributed by atoms with Crippen LogP contribution in [0.25, 0.3) is 0 Å². The number of nitrogens with one attached hydrogen (secondary N) is 1. The summed E-state index contributed by atoms with van der Waals surface area (Å²) >= 11 is 0. The Balaban J connectivity index is 1.80. The molecule has 1 aliphatic carbocycles. The maximum Gasteiger partial charge on any atom is 0.223 e. The summed E-state index contributed by atoms with van der Waals surface area (Å²) in [7, 11) is -3.18. The number of carbonyl (C=O) groups is 1. The highest BCUT2D eigenvalue weighted by Crippen LogP contribution is 2.47. The van der Waals surface area contributed by atoms with E-state index in [-0.39, 0.29) is 30.0 Å². The lowest BCUT2D eigenvalue weighted by atomic mass is 10.1. The van der Waals surface area contributed by atoms with Crippen molar-refractivity contribution in [3.8, 4) is 0 Å². The quantitative estimate of drug-likeness (QED) is 0.906. The molecule has 1 saturated carbocycles. The van der Waals surface area contributed by atoms with Gasteiger partial charge in [0, 0.05) is 12.5 Å². The molecule has 1 fully saturated rings. The summed E-state index contributed by atoms with van der Waals surface area (Å²) in [5, 5.41) is 2.75. The second-order valence-corrected chi connectivity index (χ2v) is 9.44. The molecule has 1 aliphatic rings. The first-order chi connectivity index (χ1) is 9.72. The zero-order chi connectivity index (χ0) is 15.7. The zero-order valence-corrected chi connectivity index (χ0v) is 13.6. The first-order valence-corrected chi connectivity index (χ1v) is 8.92. The van der Waals surface area contributed by atoms with E-state index in [0.717, 1.165) is 6.42 Å². The van der Waals surface area contributed by atoms with Crippen molar-refractivity contribution in [2.24, 2.45) is 5.92 Å². The predicted molar refractivity (Wildman–Crippen MR) is 83.8 cm³/mol. The number of carbonyl (C=O) groups excluding carboxylic acids is 1. The highest BCUT2D eigenvalue weighted by molar-refractivity contribution is 7.92. The second-order valence-electron chi connectivity index (χ2n) is 6.58. The molecule has 2 rings (SSSR count). The highest BCUT2D eigenvalue weighted by atomic mass is 32.2. The van der Waals surface area contributed by atoms with Crippen molar-refractivity contribution in [3.05, 3.63) is 35.9 Å². The average molecular weight is 309 g/mol. The molecule has 0 heterocycles. The van der Waals surface area contributed by atoms with E-state index in [1.165, 1.54) is 5.56 Å². The van der Waals surface area contributed by atoms with Gasteiger partial charge in [-0.2, -0.15) is 0 Å². The topological polar surface area (TPSA) is 63.2 Å². The molecular weight excluding hydrogens is 286 g/mol. The van der Waals surface area contributed by atoms with Gasteiger partial charge in [-0.1, -0.05) is 30.3 Å². The summed E-state index contributed by atoms with van der Waals surface area (Å²) in [6, 6.07) is 9.96. The van der Waals surface area contributed by atoms with Crippen LogP contribution in [0.1, 0.15) is 38.7 Å². The number of hydrogen-bond acceptors (Lipinski definition) is 3. The van der Waals surface area contributed by atoms with E-state index in [2.05, 4.69) is 5.32 Å². The molecule has 1 aromatic carbocycles. The van der Waals surface area contributed by atoms with Crippen LogP contribution in [0.2, 0.25) is 0 Å². The molecule has 21 heavy (non-hydrogen) atoms. The average Bonchev–Trinajstić information content (AvgIpc) is 3.18. The number of rotatable bonds is 5. The molecule has 4 nitrogen and oxygen atoms in total. The molecule has 0 spiro atoms. The molecule has 0 aliphatic heterocycles. The maximum atomic E-state index is 12.0. The van der Waals surface area contributed by atoms with E-state index in [1.807, 2.05) is 30.3 Å². The third-order valence-electron chi connectivity index (χ3n) is 3.96. The van der Waals surface area contributed by atoms with Gasteiger partial charge >= 0.3 is 0 Å². The van der Waals surface area contributed by atoms with Crippen molar-refractivity contribution in [1.82, 2.24) is 5.32 Å². The third-order valence-corrected chi connectivity index (χ3v) is 6.57. The molecule has 0 radical (unpaired) electrons. The minimum Gasteiger partial charge on any atom is -0.355 e. The van der Waals surface area contributed by atoms with Crippen LogP contribution < -0.4 is 5.32 Å². The van der Waals surface area contributed by atoms with Crippen molar-refractivity contribution in [3.63, 3.8) is 0 Å². The highest BCUT2D eigenvalue weighted by Gasteiger charge is 2.43. The van der Waals surface area contributed by atoms with Crippen LogP contribution in [0.5, 0.6) is 0 Å². The van der Waals surface area contributed by atoms with E-state index < -0.39 is 14.6 Å². The molecule has 1 aromatic rings. The summed E-state index contributed by atoms with van der Waals surface area (Å²) in [5.41, 5.74) is 1.18. The Kier molecular flexibility index (Phi) is 4.42. The SMILES string of the molecule is CC(C)(C)S(=O)(=O)CCNC(=O)[C@H]1C[C@@H]1c1ccccc1. The van der Waals surface area contributed by atoms with Crippen molar-refractivity contribution in [2.45, 2.75) is 37.9 Å². The summed E-state index contributed by atoms with van der Waals surface area (Å²) < 4.78 is 23.1. The number of hydrogen-bond donors (Lipinski definition) is 1. The lowest BCUT2D eigenvalue weighted by molar-refractivity contribution is -0.122. The Labute approximate surface area is 126 Å². The van der Waals surface area contributed by atoms with Crippen LogP contribution in [0.4, 0.5) is 0 Å². The van der Waals surface area contributed by atoms with E-state index in [0.29, 0.717) is 0 Å². The first-order valence-electron chi connectivity index (χ1n) is 7.27. The summed E-state index contributed by atoms with van der Waals surface area (Å²) in [5.74, 6) is 0.230. The van der Waals surface area contributed by atoms with Crippen molar-refractivity contribution in [1.29, 1.82) is 0 Å². The molecule has 0 unspecified atom stereocenters. The van der Waals surface area contributed by atoms with Crippen LogP contribution >= 0.6 is 0 Å². The zero-order valence-electron chi connectivity index (χ0n) is 12.8. The Bertz CT molecular complexity index is 602. The van der Waals surface area contributed by atoms with E-state index in [1.54, 1.807) is 20.8 Å². The monoisotopic (exact) mass is 309 g/mol. The normalized spacial score (nSPS) is 21.9. The molecule has 116 valence electrons. The summed E-state index contributed by atoms with van der Waals surface area (Å²) in [6.45, 7) is 5.22. The minimum atomic E-state index is -3.18. The molecule has 0 saturated heterocycles. The largest absolute Gasteiger partial charge is 0.355 e. The molecule has 1 N–H and O–H groups in total. The fourth-order valence-electron chi connectivity index (χ4n) is 2.30. The van der Waals surface area contributed by atoms with Gasteiger partial charge < -0.3 is 5.32 Å². The van der Waals surface area contributed by atoms with Crippen LogP contribution in [0, 0.1) is 5.92 Å². The van der Waals surface area contributed by atoms with Gasteiger partial charge in [0.1, 0.15) is 0 Å². The van der Waals surface area contributed by atoms with Gasteiger partial charge in [0.2, 0.25) is 5.91 Å². The Morgan fingerprint density at radius 1 is 1.24 bits per heavy atom. The number of amides is 1. The third kappa shape index (κ3) is 3.84. The van der Waals surface area contributed by atoms with Gasteiger partial charge in [-0.3, -0.25) is 4.79 Å². The van der Waals surface area contributed by atoms with Crippen LogP contribution in [0.3, 0.4) is 0 Å². The smallest absolute Gasteiger partial charge is 0.223 e. The molecule has 0 bridgehead atoms. The Morgan fingerprint density at radius 2 is 1.86 bits per heavy atom. The summed E-state index contributed by atoms with van der Waals surface area (Å²) in [4.78, 5) is 12.0. The van der Waals surface area contributed by atoms with Crippen molar-refractivity contribution >= 4 is 15.7 Å². The van der Waals surface area contributed by atoms with Gasteiger partial charge in [0.05, 0.1) is 10.5 Å². The fourth-order valence-corrected chi connectivity index (χ4v) is 3.28. The number of sulfone groups is 1. The standard InChI is InChI=1S/C16H23NO3S/c1-16(2,3)21(19,20)10-9-17-15(18)14-11-13(14)12-7-5-4-6-8-12/h4-8,13-14H,9-11H2,1-3H3,(H,17,18)/t13-,14+/m1/s1. The molecule has 2 atom stereocenters. The Hall–Kier alpha value is -1.36. The minimum absolute atomic E-state index is 0.00896. The van der Waals surface area contributed by atoms with Crippen molar-refractivity contribution in [2.75, 3.05) is 12.3 Å². The van der Waals surface area contributed by atoms with E-state index in [9.17, 15) is 13.2 Å². The van der Waals surface area contributed by atoms with Gasteiger partial charge in [0.15, 0.2) is 9.84 Å². The lowest BCUT2D eigenvalue weighted by Gasteiger charge is -2.19. The molecule has 0 aromatic heterocycles. The van der Waals surface area contributed by atoms with Gasteiger partial charge in [0.25, 0.3) is 0 Å². The van der Waals surface area contributed by atoms with Crippen LogP contribution in [-0.2, 0) is 14.6 Å². The lowest BCUT2D eigenvalue weighted by Crippen LogP contribution is -2.37. The summed E-state index contributed by atoms with van der Waals surface area (Å²) in [6.07, 6.45) is 0.849. The second kappa shape index (κ2) is 5.79. The van der Waals surface area contributed by atoms with Crippen LogP contribution in [-0.4, -0.2) is 31.4 Å². The number of benzene rings is 1. The maximum absolute atomic E-state index is 12.0. The molecule has 5 heteroatoms. The van der Waals surface area contributed by atoms with Gasteiger partial charge in [-0.15, -0.1) is 0 Å². The Morgan fingerprint density at radius 3 is 2.43 bits per heavy atom. The van der Waals surface area contributed by atoms with Crippen LogP contribution in [0.15, 0.2) is 30.3 Å². The molecule has 1 amide bonds. The van der Waals surface area contributed by atoms with E-state index >= 15 is 0 Å². The first kappa shape index (κ1) is 16.0. The van der Waals surface area contributed by atoms with Gasteiger partial charge in [-0.25, -0.2) is 8.42 Å². The molecular formula is C16H23NO3S. The fraction of sp³-hybridized carbons (Fsp3) is 0.562. The van der Waals surface area contributed by atoms with Crippen molar-refractivity contribution < 1.29 is 13.2 Å².